The van der Waals surface area contributed by atoms with E-state index in [4.69, 9.17) is 4.74 Å². The molecule has 5 fully saturated rings. The van der Waals surface area contributed by atoms with Gasteiger partial charge in [0.1, 0.15) is 0 Å². The average molecular weight is 351 g/mol. The molecule has 10 atom stereocenters. The van der Waals surface area contributed by atoms with Gasteiger partial charge in [-0.1, -0.05) is 24.6 Å². The maximum atomic E-state index is 12.0. The van der Waals surface area contributed by atoms with Crippen LogP contribution in [0, 0.1) is 52.8 Å². The Morgan fingerprint density at radius 2 is 2.08 bits per heavy atom. The minimum Gasteiger partial charge on any atom is -0.366 e. The van der Waals surface area contributed by atoms with E-state index in [-0.39, 0.29) is 5.60 Å². The van der Waals surface area contributed by atoms with Crippen LogP contribution in [0.15, 0.2) is 23.8 Å². The lowest BCUT2D eigenvalue weighted by Crippen LogP contribution is -2.56. The van der Waals surface area contributed by atoms with Gasteiger partial charge < -0.3 is 4.74 Å². The van der Waals surface area contributed by atoms with Crippen LogP contribution < -0.4 is 0 Å². The summed E-state index contributed by atoms with van der Waals surface area (Å²) in [7, 11) is 0. The van der Waals surface area contributed by atoms with Crippen LogP contribution in [0.1, 0.15) is 51.9 Å². The van der Waals surface area contributed by atoms with Gasteiger partial charge in [0.05, 0.1) is 12.2 Å². The quantitative estimate of drug-likeness (QED) is 0.648. The van der Waals surface area contributed by atoms with Crippen molar-refractivity contribution in [2.45, 2.75) is 57.5 Å². The number of ketones is 1. The molecule has 26 heavy (non-hydrogen) atoms. The van der Waals surface area contributed by atoms with Crippen molar-refractivity contribution in [1.29, 1.82) is 0 Å². The van der Waals surface area contributed by atoms with E-state index < -0.39 is 0 Å². The summed E-state index contributed by atoms with van der Waals surface area (Å²) in [5.74, 6) is 7.25. The van der Waals surface area contributed by atoms with E-state index in [0.717, 1.165) is 66.8 Å². The van der Waals surface area contributed by atoms with Crippen molar-refractivity contribution >= 4 is 5.78 Å². The van der Waals surface area contributed by atoms with Gasteiger partial charge in [0.2, 0.25) is 0 Å². The SMILES string of the molecule is CC[C@]12CC[C@H]3[C@@H]([C@@H]4C[C@@H]4C4=CC(=O)CC[C@@H]43)[C@@H]1[C@@H]1C[C@@H]1[C@@]21C=CCO1. The number of hydrogen-bond acceptors (Lipinski definition) is 2. The van der Waals surface area contributed by atoms with Crippen molar-refractivity contribution in [2.24, 2.45) is 52.8 Å². The number of hydrogen-bond donors (Lipinski definition) is 0. The van der Waals surface area contributed by atoms with Gasteiger partial charge in [-0.05, 0) is 91.9 Å². The number of carbonyl (C=O) groups excluding carboxylic acids is 1. The summed E-state index contributed by atoms with van der Waals surface area (Å²) < 4.78 is 6.60. The molecule has 7 rings (SSSR count). The van der Waals surface area contributed by atoms with Crippen molar-refractivity contribution in [2.75, 3.05) is 6.61 Å². The number of ether oxygens (including phenoxy) is 1. The first-order chi connectivity index (χ1) is 12.7. The third-order valence-electron chi connectivity index (χ3n) is 10.3. The van der Waals surface area contributed by atoms with E-state index in [2.05, 4.69) is 25.2 Å². The van der Waals surface area contributed by atoms with Crippen LogP contribution in [0.3, 0.4) is 0 Å². The van der Waals surface area contributed by atoms with Crippen molar-refractivity contribution in [3.8, 4) is 0 Å². The van der Waals surface area contributed by atoms with Crippen LogP contribution in [-0.4, -0.2) is 18.0 Å². The third-order valence-corrected chi connectivity index (χ3v) is 10.3. The Labute approximate surface area is 156 Å². The zero-order valence-corrected chi connectivity index (χ0v) is 15.8. The molecule has 6 aliphatic carbocycles. The topological polar surface area (TPSA) is 26.3 Å². The highest BCUT2D eigenvalue weighted by Gasteiger charge is 2.79. The third kappa shape index (κ3) is 1.49. The van der Waals surface area contributed by atoms with Crippen molar-refractivity contribution < 1.29 is 9.53 Å². The van der Waals surface area contributed by atoms with Gasteiger partial charge in [-0.3, -0.25) is 4.79 Å². The van der Waals surface area contributed by atoms with Crippen LogP contribution >= 0.6 is 0 Å². The predicted octanol–water partition coefficient (Wildman–Crippen LogP) is 4.56. The van der Waals surface area contributed by atoms with E-state index in [9.17, 15) is 4.79 Å². The molecule has 1 spiro atoms. The fourth-order valence-electron chi connectivity index (χ4n) is 9.48. The van der Waals surface area contributed by atoms with Crippen LogP contribution in [0.5, 0.6) is 0 Å². The normalized spacial score (nSPS) is 60.7. The highest BCUT2D eigenvalue weighted by atomic mass is 16.5. The molecule has 0 aromatic heterocycles. The molecule has 5 saturated carbocycles. The van der Waals surface area contributed by atoms with Gasteiger partial charge in [0.25, 0.3) is 0 Å². The van der Waals surface area contributed by atoms with Gasteiger partial charge in [-0.25, -0.2) is 0 Å². The Hall–Kier alpha value is -0.890. The van der Waals surface area contributed by atoms with Crippen LogP contribution in [0.2, 0.25) is 0 Å². The van der Waals surface area contributed by atoms with Crippen LogP contribution in [0.25, 0.3) is 0 Å². The second-order valence-electron chi connectivity index (χ2n) is 10.6. The second kappa shape index (κ2) is 4.57. The van der Waals surface area contributed by atoms with Crippen molar-refractivity contribution in [3.05, 3.63) is 23.8 Å². The smallest absolute Gasteiger partial charge is 0.155 e. The Morgan fingerprint density at radius 3 is 2.88 bits per heavy atom. The van der Waals surface area contributed by atoms with Crippen molar-refractivity contribution in [3.63, 3.8) is 0 Å². The molecule has 0 unspecified atom stereocenters. The summed E-state index contributed by atoms with van der Waals surface area (Å²) in [6.07, 6.45) is 15.7. The molecular formula is C24H30O2. The molecule has 138 valence electrons. The molecule has 2 heteroatoms. The average Bonchev–Trinajstić information content (AvgIpc) is 3.56. The van der Waals surface area contributed by atoms with E-state index in [1.165, 1.54) is 32.1 Å². The fraction of sp³-hybridized carbons (Fsp3) is 0.792. The minimum atomic E-state index is 0.0884. The summed E-state index contributed by atoms with van der Waals surface area (Å²) in [5, 5.41) is 0. The van der Waals surface area contributed by atoms with Gasteiger partial charge in [0, 0.05) is 11.8 Å². The lowest BCUT2D eigenvalue weighted by Gasteiger charge is -2.58. The number of carbonyl (C=O) groups is 1. The summed E-state index contributed by atoms with van der Waals surface area (Å²) in [4.78, 5) is 12.0. The molecular weight excluding hydrogens is 320 g/mol. The number of allylic oxidation sites excluding steroid dienone is 1. The Morgan fingerprint density at radius 1 is 1.15 bits per heavy atom. The largest absolute Gasteiger partial charge is 0.366 e. The maximum Gasteiger partial charge on any atom is 0.155 e. The minimum absolute atomic E-state index is 0.0884. The first kappa shape index (κ1) is 15.1. The summed E-state index contributed by atoms with van der Waals surface area (Å²) in [6.45, 7) is 3.29. The molecule has 1 heterocycles. The van der Waals surface area contributed by atoms with E-state index in [1.54, 1.807) is 5.57 Å². The molecule has 0 saturated heterocycles. The zero-order chi connectivity index (χ0) is 17.3. The lowest BCUT2D eigenvalue weighted by atomic mass is 9.48. The van der Waals surface area contributed by atoms with Crippen LogP contribution in [-0.2, 0) is 9.53 Å². The molecule has 0 aromatic rings. The molecule has 0 aromatic carbocycles. The van der Waals surface area contributed by atoms with E-state index >= 15 is 0 Å². The summed E-state index contributed by atoms with van der Waals surface area (Å²) >= 11 is 0. The zero-order valence-electron chi connectivity index (χ0n) is 15.8. The molecule has 0 radical (unpaired) electrons. The second-order valence-corrected chi connectivity index (χ2v) is 10.6. The monoisotopic (exact) mass is 350 g/mol. The highest BCUT2D eigenvalue weighted by molar-refractivity contribution is 5.91. The highest BCUT2D eigenvalue weighted by Crippen LogP contribution is 2.81. The Kier molecular flexibility index (Phi) is 2.65. The molecule has 2 nitrogen and oxygen atoms in total. The standard InChI is InChI=1S/C24H30O2/c1-2-23-8-6-15-14-5-4-13(25)10-16(14)17-11-18(17)21(15)22(23)19-12-20(19)24(23)7-3-9-26-24/h3,7,10,14-15,17-22H,2,4-6,8-9,11-12H2,1H3/t14-,15-,17-,18-,19-,20+,21+,22+,23+,24+/m1/s1. The molecule has 1 aliphatic heterocycles. The first-order valence-corrected chi connectivity index (χ1v) is 11.3. The molecule has 0 N–H and O–H groups in total. The van der Waals surface area contributed by atoms with Crippen LogP contribution in [0.4, 0.5) is 0 Å². The van der Waals surface area contributed by atoms with E-state index in [1.807, 2.05) is 0 Å². The number of fused-ring (bicyclic) bond motifs is 12. The molecule has 7 aliphatic rings. The van der Waals surface area contributed by atoms with Gasteiger partial charge in [-0.15, -0.1) is 0 Å². The summed E-state index contributed by atoms with van der Waals surface area (Å²) in [6, 6.07) is 0. The van der Waals surface area contributed by atoms with Gasteiger partial charge in [-0.2, -0.15) is 0 Å². The fourth-order valence-corrected chi connectivity index (χ4v) is 9.48. The molecule has 0 amide bonds. The lowest BCUT2D eigenvalue weighted by molar-refractivity contribution is -0.145. The Balaban J connectivity index is 1.34. The van der Waals surface area contributed by atoms with E-state index in [0.29, 0.717) is 11.2 Å². The maximum absolute atomic E-state index is 12.0. The Bertz CT molecular complexity index is 764. The van der Waals surface area contributed by atoms with Crippen molar-refractivity contribution in [1.82, 2.24) is 0 Å². The molecule has 0 bridgehead atoms. The number of rotatable bonds is 1. The summed E-state index contributed by atoms with van der Waals surface area (Å²) in [5.41, 5.74) is 2.09. The van der Waals surface area contributed by atoms with Gasteiger partial charge in [0.15, 0.2) is 5.78 Å². The van der Waals surface area contributed by atoms with Gasteiger partial charge >= 0.3 is 0 Å². The predicted molar refractivity (Wildman–Crippen MR) is 99.3 cm³/mol. The first-order valence-electron chi connectivity index (χ1n) is 11.3.